The van der Waals surface area contributed by atoms with Crippen molar-refractivity contribution in [3.63, 3.8) is 0 Å². The van der Waals surface area contributed by atoms with E-state index in [0.29, 0.717) is 29.2 Å². The highest BCUT2D eigenvalue weighted by atomic mass is 32.2. The Bertz CT molecular complexity index is 1060. The molecule has 2 amide bonds. The molecule has 0 radical (unpaired) electrons. The SMILES string of the molecule is Cc1cc(C)n(-c2ccc(NC(=O)c3ccc4c(c3)NC(=O)CCS4)cn2)n1. The van der Waals surface area contributed by atoms with Gasteiger partial charge in [-0.25, -0.2) is 9.67 Å². The number of carbonyl (C=O) groups excluding carboxylic acids is 2. The van der Waals surface area contributed by atoms with Crippen molar-refractivity contribution in [1.82, 2.24) is 14.8 Å². The molecule has 0 unspecified atom stereocenters. The maximum atomic E-state index is 12.6. The van der Waals surface area contributed by atoms with Crippen LogP contribution in [0.1, 0.15) is 28.2 Å². The van der Waals surface area contributed by atoms with Crippen LogP contribution in [0.15, 0.2) is 47.5 Å². The summed E-state index contributed by atoms with van der Waals surface area (Å²) in [6.45, 7) is 3.90. The topological polar surface area (TPSA) is 88.9 Å². The fraction of sp³-hybridized carbons (Fsp3) is 0.200. The summed E-state index contributed by atoms with van der Waals surface area (Å²) in [5.74, 6) is 1.13. The number of amides is 2. The monoisotopic (exact) mass is 393 g/mol. The van der Waals surface area contributed by atoms with Gasteiger partial charge < -0.3 is 10.6 Å². The lowest BCUT2D eigenvalue weighted by atomic mass is 10.1. The minimum atomic E-state index is -0.257. The average Bonchev–Trinajstić information content (AvgIpc) is 2.90. The van der Waals surface area contributed by atoms with Crippen molar-refractivity contribution < 1.29 is 9.59 Å². The zero-order valence-electron chi connectivity index (χ0n) is 15.5. The van der Waals surface area contributed by atoms with E-state index in [1.165, 1.54) is 0 Å². The van der Waals surface area contributed by atoms with Crippen molar-refractivity contribution >= 4 is 35.0 Å². The molecule has 0 fully saturated rings. The summed E-state index contributed by atoms with van der Waals surface area (Å²) >= 11 is 1.61. The highest BCUT2D eigenvalue weighted by Crippen LogP contribution is 2.31. The fourth-order valence-electron chi connectivity index (χ4n) is 3.01. The van der Waals surface area contributed by atoms with Crippen LogP contribution in [-0.4, -0.2) is 32.3 Å². The first-order valence-electron chi connectivity index (χ1n) is 8.87. The molecule has 142 valence electrons. The normalized spacial score (nSPS) is 13.4. The molecule has 0 bridgehead atoms. The Kier molecular flexibility index (Phi) is 4.87. The summed E-state index contributed by atoms with van der Waals surface area (Å²) < 4.78 is 1.76. The van der Waals surface area contributed by atoms with Gasteiger partial charge in [0.05, 0.1) is 23.3 Å². The number of rotatable bonds is 3. The summed E-state index contributed by atoms with van der Waals surface area (Å²) in [6.07, 6.45) is 2.07. The van der Waals surface area contributed by atoms with Gasteiger partial charge in [-0.1, -0.05) is 0 Å². The zero-order chi connectivity index (χ0) is 19.7. The van der Waals surface area contributed by atoms with Gasteiger partial charge >= 0.3 is 0 Å². The van der Waals surface area contributed by atoms with Crippen LogP contribution < -0.4 is 10.6 Å². The van der Waals surface area contributed by atoms with Crippen molar-refractivity contribution in [2.24, 2.45) is 0 Å². The number of hydrogen-bond acceptors (Lipinski definition) is 5. The van der Waals surface area contributed by atoms with E-state index in [9.17, 15) is 9.59 Å². The number of carbonyl (C=O) groups is 2. The Morgan fingerprint density at radius 3 is 2.79 bits per heavy atom. The van der Waals surface area contributed by atoms with E-state index < -0.39 is 0 Å². The molecule has 4 rings (SSSR count). The van der Waals surface area contributed by atoms with Gasteiger partial charge in [0.2, 0.25) is 5.91 Å². The number of pyridine rings is 1. The van der Waals surface area contributed by atoms with Crippen LogP contribution in [0.3, 0.4) is 0 Å². The smallest absolute Gasteiger partial charge is 0.255 e. The first-order chi connectivity index (χ1) is 13.5. The summed E-state index contributed by atoms with van der Waals surface area (Å²) in [7, 11) is 0. The zero-order valence-corrected chi connectivity index (χ0v) is 16.3. The molecule has 28 heavy (non-hydrogen) atoms. The Balaban J connectivity index is 1.51. The average molecular weight is 393 g/mol. The molecule has 1 aliphatic rings. The number of aryl methyl sites for hydroxylation is 2. The molecule has 8 heteroatoms. The number of hydrogen-bond donors (Lipinski definition) is 2. The van der Waals surface area contributed by atoms with E-state index in [1.807, 2.05) is 32.0 Å². The second-order valence-electron chi connectivity index (χ2n) is 6.56. The molecule has 0 aliphatic carbocycles. The third-order valence-electron chi connectivity index (χ3n) is 4.33. The lowest BCUT2D eigenvalue weighted by Gasteiger charge is -2.10. The third kappa shape index (κ3) is 3.77. The minimum absolute atomic E-state index is 0.0345. The van der Waals surface area contributed by atoms with E-state index in [2.05, 4.69) is 20.7 Å². The highest BCUT2D eigenvalue weighted by Gasteiger charge is 2.16. The number of anilines is 2. The van der Waals surface area contributed by atoms with E-state index >= 15 is 0 Å². The quantitative estimate of drug-likeness (QED) is 0.710. The van der Waals surface area contributed by atoms with Gasteiger partial charge in [-0.05, 0) is 50.2 Å². The molecular weight excluding hydrogens is 374 g/mol. The van der Waals surface area contributed by atoms with Gasteiger partial charge in [-0.3, -0.25) is 9.59 Å². The van der Waals surface area contributed by atoms with Crippen molar-refractivity contribution in [3.05, 3.63) is 59.5 Å². The lowest BCUT2D eigenvalue weighted by molar-refractivity contribution is -0.115. The first-order valence-corrected chi connectivity index (χ1v) is 9.86. The number of benzene rings is 1. The largest absolute Gasteiger partial charge is 0.325 e. The Labute approximate surface area is 166 Å². The predicted octanol–water partition coefficient (Wildman–Crippen LogP) is 3.57. The predicted molar refractivity (Wildman–Crippen MR) is 109 cm³/mol. The van der Waals surface area contributed by atoms with Crippen molar-refractivity contribution in [3.8, 4) is 5.82 Å². The van der Waals surface area contributed by atoms with Crippen LogP contribution in [0.2, 0.25) is 0 Å². The standard InChI is InChI=1S/C20H19N5O2S/c1-12-9-13(2)25(24-12)18-6-4-15(11-21-18)22-20(27)14-3-5-17-16(10-14)23-19(26)7-8-28-17/h3-6,9-11H,7-8H2,1-2H3,(H,22,27)(H,23,26). The number of fused-ring (bicyclic) bond motifs is 1. The van der Waals surface area contributed by atoms with E-state index in [1.54, 1.807) is 40.8 Å². The maximum Gasteiger partial charge on any atom is 0.255 e. The summed E-state index contributed by atoms with van der Waals surface area (Å²) in [4.78, 5) is 29.7. The lowest BCUT2D eigenvalue weighted by Crippen LogP contribution is -2.14. The second-order valence-corrected chi connectivity index (χ2v) is 7.69. The molecule has 0 saturated carbocycles. The van der Waals surface area contributed by atoms with Crippen LogP contribution in [0.5, 0.6) is 0 Å². The Morgan fingerprint density at radius 1 is 1.21 bits per heavy atom. The number of aromatic nitrogens is 3. The van der Waals surface area contributed by atoms with Gasteiger partial charge in [0.1, 0.15) is 0 Å². The van der Waals surface area contributed by atoms with Crippen molar-refractivity contribution in [2.45, 2.75) is 25.2 Å². The Hall–Kier alpha value is -3.13. The molecule has 3 aromatic rings. The Morgan fingerprint density at radius 2 is 2.07 bits per heavy atom. The molecule has 0 spiro atoms. The van der Waals surface area contributed by atoms with Crippen LogP contribution >= 0.6 is 11.8 Å². The summed E-state index contributed by atoms with van der Waals surface area (Å²) in [5, 5.41) is 10.1. The van der Waals surface area contributed by atoms with E-state index in [0.717, 1.165) is 22.0 Å². The van der Waals surface area contributed by atoms with Gasteiger partial charge in [0.25, 0.3) is 5.91 Å². The fourth-order valence-corrected chi connectivity index (χ4v) is 3.95. The first kappa shape index (κ1) is 18.2. The number of thioether (sulfide) groups is 1. The van der Waals surface area contributed by atoms with E-state index in [-0.39, 0.29) is 11.8 Å². The van der Waals surface area contributed by atoms with Crippen molar-refractivity contribution in [1.29, 1.82) is 0 Å². The van der Waals surface area contributed by atoms with Crippen molar-refractivity contribution in [2.75, 3.05) is 16.4 Å². The molecule has 7 nitrogen and oxygen atoms in total. The molecule has 2 aromatic heterocycles. The number of nitrogens with zero attached hydrogens (tertiary/aromatic N) is 3. The molecular formula is C20H19N5O2S. The van der Waals surface area contributed by atoms with Gasteiger partial charge in [-0.15, -0.1) is 11.8 Å². The van der Waals surface area contributed by atoms with Crippen LogP contribution in [0.25, 0.3) is 5.82 Å². The number of nitrogens with one attached hydrogen (secondary N) is 2. The summed E-state index contributed by atoms with van der Waals surface area (Å²) in [6, 6.07) is 10.9. The molecule has 3 heterocycles. The minimum Gasteiger partial charge on any atom is -0.325 e. The third-order valence-corrected chi connectivity index (χ3v) is 5.41. The van der Waals surface area contributed by atoms with E-state index in [4.69, 9.17) is 0 Å². The maximum absolute atomic E-state index is 12.6. The van der Waals surface area contributed by atoms with Gasteiger partial charge in [0, 0.05) is 28.3 Å². The molecule has 1 aromatic carbocycles. The molecule has 1 aliphatic heterocycles. The molecule has 2 N–H and O–H groups in total. The van der Waals surface area contributed by atoms with Gasteiger partial charge in [-0.2, -0.15) is 5.10 Å². The summed E-state index contributed by atoms with van der Waals surface area (Å²) in [5.41, 5.74) is 3.66. The molecule has 0 saturated heterocycles. The second kappa shape index (κ2) is 7.47. The van der Waals surface area contributed by atoms with Crippen LogP contribution in [-0.2, 0) is 4.79 Å². The van der Waals surface area contributed by atoms with Crippen LogP contribution in [0, 0.1) is 13.8 Å². The molecule has 0 atom stereocenters. The van der Waals surface area contributed by atoms with Gasteiger partial charge in [0.15, 0.2) is 5.82 Å². The van der Waals surface area contributed by atoms with Crippen LogP contribution in [0.4, 0.5) is 11.4 Å². The highest BCUT2D eigenvalue weighted by molar-refractivity contribution is 7.99.